The van der Waals surface area contributed by atoms with Crippen molar-refractivity contribution in [1.29, 1.82) is 0 Å². The van der Waals surface area contributed by atoms with Crippen LogP contribution in [0.15, 0.2) is 0 Å². The van der Waals surface area contributed by atoms with Crippen LogP contribution < -0.4 is 0 Å². The van der Waals surface area contributed by atoms with Gasteiger partial charge in [-0.3, -0.25) is 4.79 Å². The Morgan fingerprint density at radius 2 is 1.59 bits per heavy atom. The first-order chi connectivity index (χ1) is 7.65. The molecule has 6 unspecified atom stereocenters. The minimum Gasteiger partial charge on any atom is -0.465 e. The molecule has 96 valence electrons. The molecule has 6 atom stereocenters. The highest BCUT2D eigenvalue weighted by Crippen LogP contribution is 2.82. The Morgan fingerprint density at radius 1 is 1.06 bits per heavy atom. The Hall–Kier alpha value is -0.530. The normalized spacial score (nSPS) is 64.9. The minimum absolute atomic E-state index is 0.0117. The number of fused-ring (bicyclic) bond motifs is 5. The molecular formula is C15H24O2. The number of rotatable bonds is 0. The smallest absolute Gasteiger partial charge is 0.313 e. The number of cyclic esters (lactones) is 1. The van der Waals surface area contributed by atoms with Gasteiger partial charge in [-0.05, 0) is 36.0 Å². The Bertz CT molecular complexity index is 417. The van der Waals surface area contributed by atoms with Gasteiger partial charge >= 0.3 is 5.97 Å². The molecule has 1 aliphatic heterocycles. The Labute approximate surface area is 104 Å². The summed E-state index contributed by atoms with van der Waals surface area (Å²) in [7, 11) is 0. The first kappa shape index (κ1) is 11.6. The third-order valence-electron chi connectivity index (χ3n) is 7.90. The monoisotopic (exact) mass is 236 g/mol. The van der Waals surface area contributed by atoms with Gasteiger partial charge in [0.1, 0.15) is 0 Å². The number of carbonyl (C=O) groups is 1. The van der Waals surface area contributed by atoms with E-state index in [2.05, 4.69) is 41.5 Å². The highest BCUT2D eigenvalue weighted by Gasteiger charge is 2.83. The zero-order valence-electron chi connectivity index (χ0n) is 11.9. The van der Waals surface area contributed by atoms with E-state index in [9.17, 15) is 4.79 Å². The zero-order chi connectivity index (χ0) is 12.9. The summed E-state index contributed by atoms with van der Waals surface area (Å²) in [6.07, 6.45) is 1.17. The fourth-order valence-electron chi connectivity index (χ4n) is 5.84. The summed E-state index contributed by atoms with van der Waals surface area (Å²) in [5, 5.41) is 0. The first-order valence-corrected chi connectivity index (χ1v) is 6.82. The molecule has 0 aromatic carbocycles. The molecule has 17 heavy (non-hydrogen) atoms. The van der Waals surface area contributed by atoms with Crippen LogP contribution in [0.4, 0.5) is 0 Å². The summed E-state index contributed by atoms with van der Waals surface area (Å²) in [6.45, 7) is 14.5. The summed E-state index contributed by atoms with van der Waals surface area (Å²) in [5.41, 5.74) is 0.0595. The molecule has 2 nitrogen and oxygen atoms in total. The van der Waals surface area contributed by atoms with E-state index in [4.69, 9.17) is 4.74 Å². The lowest BCUT2D eigenvalue weighted by Crippen LogP contribution is -2.56. The lowest BCUT2D eigenvalue weighted by Gasteiger charge is -2.54. The summed E-state index contributed by atoms with van der Waals surface area (Å²) >= 11 is 0. The van der Waals surface area contributed by atoms with Crippen LogP contribution in [-0.2, 0) is 9.53 Å². The summed E-state index contributed by atoms with van der Waals surface area (Å²) in [6, 6.07) is 0. The second-order valence-electron chi connectivity index (χ2n) is 7.62. The molecule has 0 N–H and O–H groups in total. The van der Waals surface area contributed by atoms with Crippen molar-refractivity contribution in [2.75, 3.05) is 6.61 Å². The molecule has 1 saturated heterocycles. The van der Waals surface area contributed by atoms with E-state index < -0.39 is 0 Å². The minimum atomic E-state index is -0.291. The van der Waals surface area contributed by atoms with Gasteiger partial charge in [0.25, 0.3) is 0 Å². The molecule has 1 heterocycles. The number of esters is 1. The number of hydrogen-bond donors (Lipinski definition) is 0. The second kappa shape index (κ2) is 2.57. The Balaban J connectivity index is 2.29. The largest absolute Gasteiger partial charge is 0.465 e. The van der Waals surface area contributed by atoms with E-state index in [1.165, 1.54) is 6.42 Å². The van der Waals surface area contributed by atoms with Crippen molar-refractivity contribution in [3.8, 4) is 0 Å². The van der Waals surface area contributed by atoms with Crippen molar-refractivity contribution in [2.45, 2.75) is 48.0 Å². The van der Waals surface area contributed by atoms with Crippen molar-refractivity contribution in [3.05, 3.63) is 0 Å². The van der Waals surface area contributed by atoms with Gasteiger partial charge in [-0.2, -0.15) is 0 Å². The van der Waals surface area contributed by atoms with Gasteiger partial charge in [-0.1, -0.05) is 34.6 Å². The maximum absolute atomic E-state index is 12.4. The van der Waals surface area contributed by atoms with Crippen LogP contribution >= 0.6 is 0 Å². The molecule has 0 radical (unpaired) electrons. The average molecular weight is 236 g/mol. The van der Waals surface area contributed by atoms with E-state index in [-0.39, 0.29) is 27.6 Å². The van der Waals surface area contributed by atoms with Gasteiger partial charge in [0, 0.05) is 5.41 Å². The maximum atomic E-state index is 12.4. The van der Waals surface area contributed by atoms with Crippen molar-refractivity contribution in [2.24, 2.45) is 33.5 Å². The molecule has 2 bridgehead atoms. The average Bonchev–Trinajstić information content (AvgIpc) is 2.67. The lowest BCUT2D eigenvalue weighted by molar-refractivity contribution is -0.158. The van der Waals surface area contributed by atoms with E-state index in [1.54, 1.807) is 0 Å². The van der Waals surface area contributed by atoms with Gasteiger partial charge in [-0.25, -0.2) is 0 Å². The first-order valence-electron chi connectivity index (χ1n) is 6.82. The van der Waals surface area contributed by atoms with Crippen molar-refractivity contribution >= 4 is 5.97 Å². The molecule has 2 heteroatoms. The number of hydrogen-bond acceptors (Lipinski definition) is 2. The molecule has 2 aliphatic carbocycles. The SMILES string of the molecule is CC1C(C)C2(C)CC1(C)C1(C)COC(=O)C21C. The standard InChI is InChI=1S/C15H24O2/c1-9-10(2)13(4)7-12(9,3)14(5)8-17-11(16)15(13,14)6/h9-10H,7-8H2,1-6H3. The van der Waals surface area contributed by atoms with Gasteiger partial charge in [-0.15, -0.1) is 0 Å². The Morgan fingerprint density at radius 3 is 2.18 bits per heavy atom. The molecule has 0 spiro atoms. The topological polar surface area (TPSA) is 26.3 Å². The van der Waals surface area contributed by atoms with Crippen molar-refractivity contribution < 1.29 is 9.53 Å². The quantitative estimate of drug-likeness (QED) is 0.603. The van der Waals surface area contributed by atoms with Crippen LogP contribution in [0.1, 0.15) is 48.0 Å². The summed E-state index contributed by atoms with van der Waals surface area (Å²) < 4.78 is 5.49. The van der Waals surface area contributed by atoms with Crippen molar-refractivity contribution in [1.82, 2.24) is 0 Å². The van der Waals surface area contributed by atoms with Crippen molar-refractivity contribution in [3.63, 3.8) is 0 Å². The fraction of sp³-hybridized carbons (Fsp3) is 0.933. The van der Waals surface area contributed by atoms with E-state index in [0.29, 0.717) is 18.4 Å². The van der Waals surface area contributed by atoms with Gasteiger partial charge in [0.2, 0.25) is 0 Å². The third kappa shape index (κ3) is 0.768. The highest BCUT2D eigenvalue weighted by molar-refractivity contribution is 5.82. The summed E-state index contributed by atoms with van der Waals surface area (Å²) in [5.74, 6) is 1.31. The lowest BCUT2D eigenvalue weighted by atomic mass is 9.46. The number of ether oxygens (including phenoxy) is 1. The van der Waals surface area contributed by atoms with Crippen LogP contribution in [0, 0.1) is 33.5 Å². The predicted octanol–water partition coefficient (Wildman–Crippen LogP) is 3.26. The van der Waals surface area contributed by atoms with Crippen LogP contribution in [0.5, 0.6) is 0 Å². The Kier molecular flexibility index (Phi) is 1.75. The predicted molar refractivity (Wildman–Crippen MR) is 66.3 cm³/mol. The highest BCUT2D eigenvalue weighted by atomic mass is 16.5. The third-order valence-corrected chi connectivity index (χ3v) is 7.90. The molecule has 0 aromatic rings. The van der Waals surface area contributed by atoms with Crippen LogP contribution in [0.3, 0.4) is 0 Å². The van der Waals surface area contributed by atoms with E-state index in [0.717, 1.165) is 0 Å². The maximum Gasteiger partial charge on any atom is 0.313 e. The molecule has 0 amide bonds. The van der Waals surface area contributed by atoms with Crippen LogP contribution in [0.2, 0.25) is 0 Å². The van der Waals surface area contributed by atoms with Gasteiger partial charge < -0.3 is 4.74 Å². The molecule has 3 rings (SSSR count). The van der Waals surface area contributed by atoms with Gasteiger partial charge in [0.15, 0.2) is 0 Å². The van der Waals surface area contributed by atoms with Crippen LogP contribution in [-0.4, -0.2) is 12.6 Å². The number of carbonyl (C=O) groups excluding carboxylic acids is 1. The molecule has 2 saturated carbocycles. The van der Waals surface area contributed by atoms with Crippen LogP contribution in [0.25, 0.3) is 0 Å². The van der Waals surface area contributed by atoms with E-state index >= 15 is 0 Å². The summed E-state index contributed by atoms with van der Waals surface area (Å²) in [4.78, 5) is 12.4. The second-order valence-corrected chi connectivity index (χ2v) is 7.62. The van der Waals surface area contributed by atoms with Gasteiger partial charge in [0.05, 0.1) is 12.0 Å². The zero-order valence-corrected chi connectivity index (χ0v) is 11.9. The molecule has 3 aliphatic rings. The fourth-order valence-corrected chi connectivity index (χ4v) is 5.84. The molecule has 0 aromatic heterocycles. The molecular weight excluding hydrogens is 212 g/mol. The molecule has 3 fully saturated rings. The van der Waals surface area contributed by atoms with E-state index in [1.807, 2.05) is 0 Å².